The molecule has 2 aromatic rings. The van der Waals surface area contributed by atoms with E-state index in [4.69, 9.17) is 9.73 Å². The molecular formula is C21H30N4O2S. The van der Waals surface area contributed by atoms with Crippen LogP contribution in [0.15, 0.2) is 46.8 Å². The summed E-state index contributed by atoms with van der Waals surface area (Å²) in [5.41, 5.74) is 1.04. The Morgan fingerprint density at radius 2 is 2.00 bits per heavy atom. The Balaban J connectivity index is 1.93. The summed E-state index contributed by atoms with van der Waals surface area (Å²) >= 11 is 1.78. The van der Waals surface area contributed by atoms with Gasteiger partial charge in [0.05, 0.1) is 6.54 Å². The van der Waals surface area contributed by atoms with Crippen LogP contribution in [0.4, 0.5) is 0 Å². The van der Waals surface area contributed by atoms with Gasteiger partial charge in [-0.15, -0.1) is 11.3 Å². The molecule has 0 saturated heterocycles. The van der Waals surface area contributed by atoms with E-state index in [1.54, 1.807) is 11.3 Å². The normalized spacial score (nSPS) is 11.2. The molecule has 0 bridgehead atoms. The van der Waals surface area contributed by atoms with Gasteiger partial charge in [-0.1, -0.05) is 18.2 Å². The first-order chi connectivity index (χ1) is 13.6. The first-order valence-corrected chi connectivity index (χ1v) is 10.5. The van der Waals surface area contributed by atoms with Crippen LogP contribution in [-0.4, -0.2) is 50.1 Å². The number of rotatable bonds is 10. The largest absolute Gasteiger partial charge is 0.484 e. The lowest BCUT2D eigenvalue weighted by Crippen LogP contribution is -2.39. The SMILES string of the molecule is CCNC(=O)COc1cccc(CN=C(NCC)N(C)CCc2cccs2)c1. The highest BCUT2D eigenvalue weighted by Gasteiger charge is 2.07. The highest BCUT2D eigenvalue weighted by Crippen LogP contribution is 2.14. The van der Waals surface area contributed by atoms with Crippen LogP contribution < -0.4 is 15.4 Å². The van der Waals surface area contributed by atoms with E-state index in [2.05, 4.69) is 47.0 Å². The van der Waals surface area contributed by atoms with Crippen LogP contribution in [0.25, 0.3) is 0 Å². The van der Waals surface area contributed by atoms with Gasteiger partial charge in [0.25, 0.3) is 5.91 Å². The summed E-state index contributed by atoms with van der Waals surface area (Å²) in [4.78, 5) is 19.8. The maximum Gasteiger partial charge on any atom is 0.257 e. The highest BCUT2D eigenvalue weighted by molar-refractivity contribution is 7.09. The molecule has 0 radical (unpaired) electrons. The van der Waals surface area contributed by atoms with Gasteiger partial charge in [-0.2, -0.15) is 0 Å². The van der Waals surface area contributed by atoms with Gasteiger partial charge in [-0.25, -0.2) is 4.99 Å². The molecule has 2 N–H and O–H groups in total. The zero-order chi connectivity index (χ0) is 20.2. The van der Waals surface area contributed by atoms with Gasteiger partial charge in [0.1, 0.15) is 5.75 Å². The van der Waals surface area contributed by atoms with Crippen molar-refractivity contribution in [2.45, 2.75) is 26.8 Å². The number of ether oxygens (including phenoxy) is 1. The zero-order valence-corrected chi connectivity index (χ0v) is 17.7. The van der Waals surface area contributed by atoms with E-state index in [0.717, 1.165) is 31.0 Å². The van der Waals surface area contributed by atoms with E-state index in [1.807, 2.05) is 31.2 Å². The molecule has 0 aliphatic rings. The minimum absolute atomic E-state index is 0.0225. The third-order valence-corrected chi connectivity index (χ3v) is 4.96. The predicted octanol–water partition coefficient (Wildman–Crippen LogP) is 2.90. The van der Waals surface area contributed by atoms with Gasteiger partial charge in [-0.3, -0.25) is 4.79 Å². The third kappa shape index (κ3) is 7.60. The molecular weight excluding hydrogens is 372 g/mol. The molecule has 1 aromatic carbocycles. The molecule has 0 atom stereocenters. The van der Waals surface area contributed by atoms with Crippen LogP contribution in [0, 0.1) is 0 Å². The molecule has 0 saturated carbocycles. The maximum absolute atomic E-state index is 11.5. The summed E-state index contributed by atoms with van der Waals surface area (Å²) in [5.74, 6) is 1.44. The molecule has 0 fully saturated rings. The number of likely N-dealkylation sites (N-methyl/N-ethyl adjacent to an activating group) is 2. The number of benzene rings is 1. The standard InChI is InChI=1S/C21H30N4O2S/c1-4-22-20(26)16-27-18-9-6-8-17(14-18)15-24-21(23-5-2)25(3)12-11-19-10-7-13-28-19/h6-10,13-14H,4-5,11-12,15-16H2,1-3H3,(H,22,26)(H,23,24). The Morgan fingerprint density at radius 3 is 2.71 bits per heavy atom. The van der Waals surface area contributed by atoms with Gasteiger partial charge >= 0.3 is 0 Å². The number of nitrogens with zero attached hydrogens (tertiary/aromatic N) is 2. The molecule has 1 amide bonds. The van der Waals surface area contributed by atoms with Crippen LogP contribution >= 0.6 is 11.3 Å². The van der Waals surface area contributed by atoms with Gasteiger partial charge in [-0.05, 0) is 49.4 Å². The molecule has 1 aromatic heterocycles. The number of hydrogen-bond acceptors (Lipinski definition) is 4. The van der Waals surface area contributed by atoms with Crippen LogP contribution in [0.1, 0.15) is 24.3 Å². The van der Waals surface area contributed by atoms with Gasteiger partial charge in [0, 0.05) is 31.6 Å². The number of carbonyl (C=O) groups is 1. The van der Waals surface area contributed by atoms with Gasteiger partial charge in [0.15, 0.2) is 12.6 Å². The average molecular weight is 403 g/mol. The van der Waals surface area contributed by atoms with Gasteiger partial charge in [0.2, 0.25) is 0 Å². The summed E-state index contributed by atoms with van der Waals surface area (Å²) in [6.45, 7) is 6.84. The molecule has 152 valence electrons. The van der Waals surface area contributed by atoms with Crippen molar-refractivity contribution in [2.24, 2.45) is 4.99 Å². The van der Waals surface area contributed by atoms with Crippen molar-refractivity contribution in [3.05, 3.63) is 52.2 Å². The number of carbonyl (C=O) groups excluding carboxylic acids is 1. The lowest BCUT2D eigenvalue weighted by molar-refractivity contribution is -0.122. The second kappa shape index (κ2) is 12.0. The number of hydrogen-bond donors (Lipinski definition) is 2. The summed E-state index contributed by atoms with van der Waals surface area (Å²) < 4.78 is 5.56. The molecule has 0 unspecified atom stereocenters. The van der Waals surface area contributed by atoms with Crippen molar-refractivity contribution in [1.82, 2.24) is 15.5 Å². The van der Waals surface area contributed by atoms with Crippen molar-refractivity contribution in [1.29, 1.82) is 0 Å². The van der Waals surface area contributed by atoms with Crippen molar-refractivity contribution < 1.29 is 9.53 Å². The minimum atomic E-state index is -0.118. The van der Waals surface area contributed by atoms with Crippen molar-refractivity contribution in [3.8, 4) is 5.75 Å². The van der Waals surface area contributed by atoms with Crippen LogP contribution in [0.3, 0.4) is 0 Å². The highest BCUT2D eigenvalue weighted by atomic mass is 32.1. The smallest absolute Gasteiger partial charge is 0.257 e. The number of aliphatic imine (C=N–C) groups is 1. The fraction of sp³-hybridized carbons (Fsp3) is 0.429. The third-order valence-electron chi connectivity index (χ3n) is 4.02. The van der Waals surface area contributed by atoms with Crippen LogP contribution in [0.5, 0.6) is 5.75 Å². The number of thiophene rings is 1. The molecule has 7 heteroatoms. The lowest BCUT2D eigenvalue weighted by atomic mass is 10.2. The summed E-state index contributed by atoms with van der Waals surface area (Å²) in [6.07, 6.45) is 1.00. The van der Waals surface area contributed by atoms with Crippen LogP contribution in [-0.2, 0) is 17.8 Å². The Labute approximate surface area is 171 Å². The Hall–Kier alpha value is -2.54. The molecule has 0 spiro atoms. The van der Waals surface area contributed by atoms with Crippen LogP contribution in [0.2, 0.25) is 0 Å². The van der Waals surface area contributed by atoms with E-state index in [1.165, 1.54) is 4.88 Å². The average Bonchev–Trinajstić information content (AvgIpc) is 3.22. The summed E-state index contributed by atoms with van der Waals surface area (Å²) in [6, 6.07) is 12.0. The van der Waals surface area contributed by atoms with E-state index in [0.29, 0.717) is 18.8 Å². The monoisotopic (exact) mass is 402 g/mol. The van der Waals surface area contributed by atoms with Gasteiger partial charge < -0.3 is 20.3 Å². The lowest BCUT2D eigenvalue weighted by Gasteiger charge is -2.21. The topological polar surface area (TPSA) is 66.0 Å². The quantitative estimate of drug-likeness (QED) is 0.474. The van der Waals surface area contributed by atoms with Crippen molar-refractivity contribution >= 4 is 23.2 Å². The van der Waals surface area contributed by atoms with Crippen molar-refractivity contribution in [3.63, 3.8) is 0 Å². The predicted molar refractivity (Wildman–Crippen MR) is 116 cm³/mol. The van der Waals surface area contributed by atoms with E-state index >= 15 is 0 Å². The second-order valence-electron chi connectivity index (χ2n) is 6.31. The minimum Gasteiger partial charge on any atom is -0.484 e. The Morgan fingerprint density at radius 1 is 1.18 bits per heavy atom. The first-order valence-electron chi connectivity index (χ1n) is 9.62. The maximum atomic E-state index is 11.5. The fourth-order valence-electron chi connectivity index (χ4n) is 2.61. The molecule has 0 aliphatic carbocycles. The Bertz CT molecular complexity index is 747. The molecule has 2 rings (SSSR count). The summed E-state index contributed by atoms with van der Waals surface area (Å²) in [5, 5.41) is 8.17. The number of guanidine groups is 1. The molecule has 1 heterocycles. The summed E-state index contributed by atoms with van der Waals surface area (Å²) in [7, 11) is 2.06. The molecule has 0 aliphatic heterocycles. The van der Waals surface area contributed by atoms with E-state index < -0.39 is 0 Å². The second-order valence-corrected chi connectivity index (χ2v) is 7.34. The van der Waals surface area contributed by atoms with E-state index in [-0.39, 0.29) is 12.5 Å². The Kier molecular flexibility index (Phi) is 9.34. The fourth-order valence-corrected chi connectivity index (χ4v) is 3.30. The number of nitrogens with one attached hydrogen (secondary N) is 2. The number of amides is 1. The van der Waals surface area contributed by atoms with Crippen molar-refractivity contribution in [2.75, 3.05) is 33.3 Å². The first kappa shape index (κ1) is 21.8. The molecule has 6 nitrogen and oxygen atoms in total. The molecule has 28 heavy (non-hydrogen) atoms. The zero-order valence-electron chi connectivity index (χ0n) is 16.9. The van der Waals surface area contributed by atoms with E-state index in [9.17, 15) is 4.79 Å².